The smallest absolute Gasteiger partial charge is 0.252 e. The maximum atomic E-state index is 13.2. The Bertz CT molecular complexity index is 1160. The monoisotopic (exact) mass is 369 g/mol. The highest BCUT2D eigenvalue weighted by Crippen LogP contribution is 2.55. The van der Waals surface area contributed by atoms with Gasteiger partial charge in [0.05, 0.1) is 11.4 Å². The van der Waals surface area contributed by atoms with Gasteiger partial charge in [0.25, 0.3) is 6.41 Å². The van der Waals surface area contributed by atoms with Crippen LogP contribution >= 0.6 is 0 Å². The molecule has 4 aromatic carbocycles. The minimum Gasteiger partial charge on any atom is -0.592 e. The summed E-state index contributed by atoms with van der Waals surface area (Å²) in [5, 5.41) is 4.26. The molecule has 4 aromatic rings. The first-order chi connectivity index (χ1) is 13.3. The Morgan fingerprint density at radius 1 is 0.741 bits per heavy atom. The Labute approximate surface area is 159 Å². The fourth-order valence-electron chi connectivity index (χ4n) is 4.63. The highest BCUT2D eigenvalue weighted by molar-refractivity contribution is 7.90. The van der Waals surface area contributed by atoms with Gasteiger partial charge in [0.15, 0.2) is 5.25 Å². The molecule has 1 aliphatic carbocycles. The molecule has 0 spiro atoms. The average molecular weight is 369 g/mol. The molecule has 0 N–H and O–H groups in total. The molecular weight excluding hydrogens is 354 g/mol. The van der Waals surface area contributed by atoms with Gasteiger partial charge in [-0.15, -0.1) is 0 Å². The first-order valence-corrected chi connectivity index (χ1v) is 10.1. The van der Waals surface area contributed by atoms with Crippen LogP contribution in [0.15, 0.2) is 72.8 Å². The van der Waals surface area contributed by atoms with Gasteiger partial charge in [0.2, 0.25) is 0 Å². The van der Waals surface area contributed by atoms with E-state index >= 15 is 0 Å². The molecule has 0 saturated heterocycles. The zero-order valence-electron chi connectivity index (χ0n) is 14.3. The van der Waals surface area contributed by atoms with Crippen molar-refractivity contribution in [2.24, 2.45) is 0 Å². The van der Waals surface area contributed by atoms with Crippen molar-refractivity contribution in [1.82, 2.24) is 4.31 Å². The number of rotatable bonds is 1. The van der Waals surface area contributed by atoms with Crippen LogP contribution in [0.5, 0.6) is 0 Å². The summed E-state index contributed by atoms with van der Waals surface area (Å²) in [6.45, 7) is 0. The molecular formula is C23H15NO2S. The topological polar surface area (TPSA) is 43.4 Å². The van der Waals surface area contributed by atoms with Crippen LogP contribution in [0.1, 0.15) is 33.5 Å². The summed E-state index contributed by atoms with van der Waals surface area (Å²) < 4.78 is 14.7. The van der Waals surface area contributed by atoms with E-state index < -0.39 is 11.4 Å². The predicted octanol–water partition coefficient (Wildman–Crippen LogP) is 4.62. The Hall–Kier alpha value is -2.82. The van der Waals surface area contributed by atoms with Gasteiger partial charge >= 0.3 is 0 Å². The lowest BCUT2D eigenvalue weighted by atomic mass is 9.79. The van der Waals surface area contributed by atoms with Gasteiger partial charge < -0.3 is 4.55 Å². The molecule has 1 atom stereocenters. The summed E-state index contributed by atoms with van der Waals surface area (Å²) in [5.41, 5.74) is 4.34. The lowest BCUT2D eigenvalue weighted by Crippen LogP contribution is -2.47. The Kier molecular flexibility index (Phi) is 3.02. The van der Waals surface area contributed by atoms with E-state index in [-0.39, 0.29) is 11.3 Å². The third-order valence-electron chi connectivity index (χ3n) is 5.82. The molecule has 7 rings (SSSR count). The second-order valence-corrected chi connectivity index (χ2v) is 8.63. The molecule has 2 aliphatic heterocycles. The first kappa shape index (κ1) is 15.3. The summed E-state index contributed by atoms with van der Waals surface area (Å²) in [6.07, 6.45) is 0.740. The molecule has 4 heteroatoms. The number of nitrogens with zero attached hydrogens (tertiary/aromatic N) is 1. The number of carbonyl (C=O) groups is 1. The van der Waals surface area contributed by atoms with E-state index in [4.69, 9.17) is 0 Å². The molecule has 2 heterocycles. The van der Waals surface area contributed by atoms with Crippen LogP contribution in [-0.4, -0.2) is 15.3 Å². The Balaban J connectivity index is 1.71. The van der Waals surface area contributed by atoms with Gasteiger partial charge in [-0.25, -0.2) is 0 Å². The number of hydrogen-bond donors (Lipinski definition) is 0. The Morgan fingerprint density at radius 3 is 1.56 bits per heavy atom. The largest absolute Gasteiger partial charge is 0.592 e. The number of carbonyl (C=O) groups excluding carboxylic acids is 1. The fourth-order valence-corrected chi connectivity index (χ4v) is 6.24. The molecule has 0 radical (unpaired) electrons. The van der Waals surface area contributed by atoms with E-state index in [0.717, 1.165) is 50.2 Å². The second kappa shape index (κ2) is 5.35. The summed E-state index contributed by atoms with van der Waals surface area (Å²) in [7, 11) is 0. The van der Waals surface area contributed by atoms with Crippen molar-refractivity contribution in [1.29, 1.82) is 0 Å². The number of benzene rings is 4. The highest BCUT2D eigenvalue weighted by Gasteiger charge is 2.52. The van der Waals surface area contributed by atoms with Gasteiger partial charge in [0, 0.05) is 11.1 Å². The number of hydrogen-bond acceptors (Lipinski definition) is 2. The van der Waals surface area contributed by atoms with Crippen molar-refractivity contribution >= 4 is 39.3 Å². The third-order valence-corrected chi connectivity index (χ3v) is 7.45. The Morgan fingerprint density at radius 2 is 1.15 bits per heavy atom. The van der Waals surface area contributed by atoms with E-state index in [0.29, 0.717) is 0 Å². The molecule has 0 aromatic heterocycles. The third kappa shape index (κ3) is 1.94. The van der Waals surface area contributed by atoms with Crippen molar-refractivity contribution in [3.8, 4) is 0 Å². The lowest BCUT2D eigenvalue weighted by molar-refractivity contribution is -0.115. The molecule has 27 heavy (non-hydrogen) atoms. The van der Waals surface area contributed by atoms with Gasteiger partial charge in [0.1, 0.15) is 6.04 Å². The normalized spacial score (nSPS) is 22.7. The average Bonchev–Trinajstić information content (AvgIpc) is 2.71. The van der Waals surface area contributed by atoms with Crippen LogP contribution in [0.4, 0.5) is 0 Å². The van der Waals surface area contributed by atoms with Gasteiger partial charge in [-0.3, -0.25) is 4.79 Å². The molecule has 2 bridgehead atoms. The molecule has 3 nitrogen and oxygen atoms in total. The summed E-state index contributed by atoms with van der Waals surface area (Å²) >= 11 is -1.41. The first-order valence-electron chi connectivity index (χ1n) is 8.96. The van der Waals surface area contributed by atoms with Crippen LogP contribution in [0.2, 0.25) is 0 Å². The maximum Gasteiger partial charge on any atom is 0.252 e. The van der Waals surface area contributed by atoms with Crippen LogP contribution in [0.3, 0.4) is 0 Å². The van der Waals surface area contributed by atoms with Gasteiger partial charge in [-0.05, 0) is 56.9 Å². The predicted molar refractivity (Wildman–Crippen MR) is 108 cm³/mol. The van der Waals surface area contributed by atoms with E-state index in [2.05, 4.69) is 48.5 Å². The molecule has 1 unspecified atom stereocenters. The van der Waals surface area contributed by atoms with E-state index in [1.165, 1.54) is 4.31 Å². The van der Waals surface area contributed by atoms with Gasteiger partial charge in [-0.1, -0.05) is 48.5 Å². The molecule has 3 aliphatic rings. The number of fused-ring (bicyclic) bond motifs is 3. The zero-order valence-corrected chi connectivity index (χ0v) is 15.1. The summed E-state index contributed by atoms with van der Waals surface area (Å²) in [5.74, 6) is 0. The van der Waals surface area contributed by atoms with Crippen molar-refractivity contribution in [2.75, 3.05) is 0 Å². The fraction of sp³-hybridized carbons (Fsp3) is 0.0870. The highest BCUT2D eigenvalue weighted by atomic mass is 32.2. The van der Waals surface area contributed by atoms with Crippen LogP contribution in [0.25, 0.3) is 21.5 Å². The quantitative estimate of drug-likeness (QED) is 0.363. The molecule has 0 saturated carbocycles. The maximum absolute atomic E-state index is 13.2. The zero-order chi connectivity index (χ0) is 18.1. The SMILES string of the molecule is O=CN1C2c3cc4ccccc4cc3C(c3cc4ccccc4cc32)[S+]1[O-]. The lowest BCUT2D eigenvalue weighted by Gasteiger charge is -2.45. The summed E-state index contributed by atoms with van der Waals surface area (Å²) in [6, 6.07) is 24.7. The summed E-state index contributed by atoms with van der Waals surface area (Å²) in [4.78, 5) is 11.8. The number of amides is 1. The van der Waals surface area contributed by atoms with Crippen molar-refractivity contribution < 1.29 is 9.35 Å². The minimum atomic E-state index is -1.41. The van der Waals surface area contributed by atoms with Gasteiger partial charge in [-0.2, -0.15) is 4.31 Å². The second-order valence-electron chi connectivity index (χ2n) is 7.18. The van der Waals surface area contributed by atoms with Crippen LogP contribution in [0, 0.1) is 0 Å². The molecule has 0 fully saturated rings. The van der Waals surface area contributed by atoms with Crippen LogP contribution < -0.4 is 0 Å². The van der Waals surface area contributed by atoms with E-state index in [1.807, 2.05) is 24.3 Å². The minimum absolute atomic E-state index is 0.299. The standard InChI is InChI=1S/C23H15NO2S/c25-13-24-22-18-9-14-5-1-3-7-16(14)11-20(18)23(27(24)26)21-12-17-8-4-2-6-15(17)10-19(21)22/h1-13,22-23H. The van der Waals surface area contributed by atoms with Crippen molar-refractivity contribution in [3.05, 3.63) is 95.1 Å². The van der Waals surface area contributed by atoms with Crippen molar-refractivity contribution in [3.63, 3.8) is 0 Å². The van der Waals surface area contributed by atoms with Crippen LogP contribution in [-0.2, 0) is 16.2 Å². The molecule has 130 valence electrons. The van der Waals surface area contributed by atoms with Crippen molar-refractivity contribution in [2.45, 2.75) is 11.3 Å². The van der Waals surface area contributed by atoms with E-state index in [1.54, 1.807) is 0 Å². The molecule has 1 amide bonds. The van der Waals surface area contributed by atoms with E-state index in [9.17, 15) is 9.35 Å².